The lowest BCUT2D eigenvalue weighted by atomic mass is 10.5. The predicted octanol–water partition coefficient (Wildman–Crippen LogP) is 0.533. The van der Waals surface area contributed by atoms with Crippen LogP contribution in [0.1, 0.15) is 6.42 Å². The van der Waals surface area contributed by atoms with Crippen molar-refractivity contribution in [2.24, 2.45) is 5.50 Å². The van der Waals surface area contributed by atoms with E-state index in [2.05, 4.69) is 4.52 Å². The van der Waals surface area contributed by atoms with Crippen molar-refractivity contribution in [1.29, 1.82) is 5.26 Å². The van der Waals surface area contributed by atoms with E-state index < -0.39 is 8.18 Å². The van der Waals surface area contributed by atoms with Crippen LogP contribution in [0.3, 0.4) is 0 Å². The lowest BCUT2D eigenvalue weighted by molar-refractivity contribution is 0.338. The van der Waals surface area contributed by atoms with Crippen molar-refractivity contribution in [3.63, 3.8) is 0 Å². The van der Waals surface area contributed by atoms with Crippen LogP contribution in [0.4, 0.5) is 0 Å². The molecule has 5 heteroatoms. The van der Waals surface area contributed by atoms with Gasteiger partial charge in [0.15, 0.2) is 0 Å². The van der Waals surface area contributed by atoms with E-state index >= 15 is 0 Å². The van der Waals surface area contributed by atoms with Crippen LogP contribution in [0.2, 0.25) is 0 Å². The predicted molar refractivity (Wildman–Crippen MR) is 28.0 cm³/mol. The fraction of sp³-hybridized carbons (Fsp3) is 0.667. The standard InChI is InChI=1S/C3H6N2O2P/c4-2-1-3-7-8(5)6/h1,3H2,(H2,5,6). The van der Waals surface area contributed by atoms with E-state index in [0.29, 0.717) is 0 Å². The molecule has 8 heavy (non-hydrogen) atoms. The highest BCUT2D eigenvalue weighted by Crippen LogP contribution is 2.08. The second-order valence-corrected chi connectivity index (χ2v) is 1.86. The zero-order chi connectivity index (χ0) is 6.41. The first kappa shape index (κ1) is 7.51. The van der Waals surface area contributed by atoms with Gasteiger partial charge in [-0.1, -0.05) is 0 Å². The minimum Gasteiger partial charge on any atom is -0.291 e. The molecule has 0 saturated carbocycles. The molecule has 1 unspecified atom stereocenters. The molecule has 0 fully saturated rings. The highest BCUT2D eigenvalue weighted by Gasteiger charge is 1.88. The Hall–Kier alpha value is -0.490. The highest BCUT2D eigenvalue weighted by molar-refractivity contribution is 7.36. The van der Waals surface area contributed by atoms with Gasteiger partial charge in [0.1, 0.15) is 0 Å². The number of nitrogens with two attached hydrogens (primary N) is 1. The Balaban J connectivity index is 2.97. The maximum Gasteiger partial charge on any atom is 0.291 e. The third-order valence-electron chi connectivity index (χ3n) is 0.432. The smallest absolute Gasteiger partial charge is 0.291 e. The molecule has 0 rings (SSSR count). The molecular weight excluding hydrogens is 127 g/mol. The van der Waals surface area contributed by atoms with E-state index in [0.717, 1.165) is 0 Å². The Morgan fingerprint density at radius 1 is 1.88 bits per heavy atom. The van der Waals surface area contributed by atoms with Gasteiger partial charge in [-0.15, -0.1) is 0 Å². The summed E-state index contributed by atoms with van der Waals surface area (Å²) in [7, 11) is -2.01. The molecule has 1 radical (unpaired) electrons. The van der Waals surface area contributed by atoms with Crippen molar-refractivity contribution in [2.45, 2.75) is 6.42 Å². The summed E-state index contributed by atoms with van der Waals surface area (Å²) in [6, 6.07) is 1.81. The first-order valence-corrected chi connectivity index (χ1v) is 3.24. The topological polar surface area (TPSA) is 76.1 Å². The Morgan fingerprint density at radius 3 is 2.88 bits per heavy atom. The zero-order valence-electron chi connectivity index (χ0n) is 4.20. The Labute approximate surface area is 48.2 Å². The van der Waals surface area contributed by atoms with Crippen LogP contribution in [0.5, 0.6) is 0 Å². The molecule has 0 aliphatic rings. The third-order valence-corrected chi connectivity index (χ3v) is 0.869. The van der Waals surface area contributed by atoms with Crippen molar-refractivity contribution in [2.75, 3.05) is 6.61 Å². The van der Waals surface area contributed by atoms with Crippen LogP contribution in [-0.4, -0.2) is 6.61 Å². The molecule has 0 bridgehead atoms. The molecule has 0 aromatic rings. The van der Waals surface area contributed by atoms with Gasteiger partial charge in [0.25, 0.3) is 8.18 Å². The van der Waals surface area contributed by atoms with Crippen molar-refractivity contribution in [1.82, 2.24) is 0 Å². The molecule has 0 spiro atoms. The van der Waals surface area contributed by atoms with Gasteiger partial charge in [-0.2, -0.15) is 5.26 Å². The van der Waals surface area contributed by atoms with E-state index in [1.165, 1.54) is 0 Å². The average Bonchev–Trinajstić information content (AvgIpc) is 1.66. The normalized spacial score (nSPS) is 10.2. The van der Waals surface area contributed by atoms with Gasteiger partial charge in [-0.25, -0.2) is 10.1 Å². The van der Waals surface area contributed by atoms with Gasteiger partial charge in [0.05, 0.1) is 19.1 Å². The first-order chi connectivity index (χ1) is 3.77. The fourth-order valence-electron chi connectivity index (χ4n) is 0.181. The minimum atomic E-state index is -2.01. The fourth-order valence-corrected chi connectivity index (χ4v) is 0.452. The third kappa shape index (κ3) is 5.51. The average molecular weight is 133 g/mol. The molecule has 4 nitrogen and oxygen atoms in total. The number of nitriles is 1. The Kier molecular flexibility index (Phi) is 4.38. The lowest BCUT2D eigenvalue weighted by Gasteiger charge is -1.89. The van der Waals surface area contributed by atoms with Crippen molar-refractivity contribution in [3.05, 3.63) is 0 Å². The summed E-state index contributed by atoms with van der Waals surface area (Å²) >= 11 is 0. The molecule has 0 aliphatic heterocycles. The molecule has 0 aromatic carbocycles. The van der Waals surface area contributed by atoms with Crippen LogP contribution >= 0.6 is 8.18 Å². The summed E-state index contributed by atoms with van der Waals surface area (Å²) in [4.78, 5) is 0. The molecule has 0 saturated heterocycles. The number of hydrogen-bond donors (Lipinski definition) is 1. The summed E-state index contributed by atoms with van der Waals surface area (Å²) in [6.45, 7) is 0.155. The zero-order valence-corrected chi connectivity index (χ0v) is 5.10. The summed E-state index contributed by atoms with van der Waals surface area (Å²) in [5, 5.41) is 7.91. The number of nitrogens with zero attached hydrogens (tertiary/aromatic N) is 1. The van der Waals surface area contributed by atoms with Crippen LogP contribution in [0, 0.1) is 11.3 Å². The summed E-state index contributed by atoms with van der Waals surface area (Å²) in [5.41, 5.74) is 4.71. The molecule has 0 heterocycles. The Bertz CT molecular complexity index is 119. The van der Waals surface area contributed by atoms with Crippen LogP contribution in [-0.2, 0) is 9.09 Å². The highest BCUT2D eigenvalue weighted by atomic mass is 31.1. The number of rotatable bonds is 3. The molecule has 1 atom stereocenters. The SMILES string of the molecule is N#CCCO[P](N)=O. The van der Waals surface area contributed by atoms with Gasteiger partial charge in [-0.3, -0.25) is 4.52 Å². The summed E-state index contributed by atoms with van der Waals surface area (Å²) in [6.07, 6.45) is 0.234. The van der Waals surface area contributed by atoms with Gasteiger partial charge in [-0.05, 0) is 0 Å². The molecule has 0 amide bonds. The first-order valence-electron chi connectivity index (χ1n) is 1.99. The molecule has 0 aromatic heterocycles. The van der Waals surface area contributed by atoms with E-state index in [4.69, 9.17) is 10.8 Å². The van der Waals surface area contributed by atoms with Crippen LogP contribution in [0.25, 0.3) is 0 Å². The van der Waals surface area contributed by atoms with E-state index in [1.807, 2.05) is 6.07 Å². The quantitative estimate of drug-likeness (QED) is 0.450. The van der Waals surface area contributed by atoms with Gasteiger partial charge >= 0.3 is 0 Å². The molecular formula is C3H6N2O2P. The van der Waals surface area contributed by atoms with Crippen LogP contribution < -0.4 is 5.50 Å². The lowest BCUT2D eigenvalue weighted by Crippen LogP contribution is -1.87. The van der Waals surface area contributed by atoms with Crippen molar-refractivity contribution < 1.29 is 9.09 Å². The number of hydrogen-bond acceptors (Lipinski definition) is 3. The summed E-state index contributed by atoms with van der Waals surface area (Å²) < 4.78 is 14.3. The van der Waals surface area contributed by atoms with Gasteiger partial charge < -0.3 is 0 Å². The minimum absolute atomic E-state index is 0.155. The Morgan fingerprint density at radius 2 is 2.50 bits per heavy atom. The van der Waals surface area contributed by atoms with E-state index in [1.54, 1.807) is 0 Å². The van der Waals surface area contributed by atoms with Gasteiger partial charge in [0, 0.05) is 0 Å². The van der Waals surface area contributed by atoms with E-state index in [-0.39, 0.29) is 13.0 Å². The maximum absolute atomic E-state index is 9.91. The maximum atomic E-state index is 9.91. The van der Waals surface area contributed by atoms with Crippen molar-refractivity contribution >= 4 is 8.18 Å². The van der Waals surface area contributed by atoms with Crippen LogP contribution in [0.15, 0.2) is 0 Å². The molecule has 45 valence electrons. The monoisotopic (exact) mass is 133 g/mol. The second-order valence-electron chi connectivity index (χ2n) is 1.03. The van der Waals surface area contributed by atoms with E-state index in [9.17, 15) is 4.57 Å². The van der Waals surface area contributed by atoms with Crippen molar-refractivity contribution in [3.8, 4) is 6.07 Å². The largest absolute Gasteiger partial charge is 0.291 e. The van der Waals surface area contributed by atoms with Gasteiger partial charge in [0.2, 0.25) is 0 Å². The second kappa shape index (κ2) is 4.66. The molecule has 2 N–H and O–H groups in total. The molecule has 0 aliphatic carbocycles. The summed E-state index contributed by atoms with van der Waals surface area (Å²) in [5.74, 6) is 0.